The van der Waals surface area contributed by atoms with Gasteiger partial charge in [0.25, 0.3) is 5.91 Å². The third-order valence-electron chi connectivity index (χ3n) is 2.80. The van der Waals surface area contributed by atoms with Crippen LogP contribution in [0.4, 0.5) is 0 Å². The molecule has 0 aliphatic carbocycles. The Morgan fingerprint density at radius 1 is 1.56 bits per heavy atom. The molecule has 1 amide bonds. The Morgan fingerprint density at radius 3 is 2.89 bits per heavy atom. The molecule has 1 rings (SSSR count). The number of amides is 1. The molecule has 2 N–H and O–H groups in total. The van der Waals surface area contributed by atoms with E-state index in [2.05, 4.69) is 10.3 Å². The van der Waals surface area contributed by atoms with E-state index in [-0.39, 0.29) is 24.5 Å². The van der Waals surface area contributed by atoms with E-state index in [1.807, 2.05) is 20.8 Å². The smallest absolute Gasteiger partial charge is 0.256 e. The standard InChI is InChI=1S/C13H20N2O3/c1-4-18-13-11(6-5-7-14-13)12(17)15-10(3)9(2)8-16/h5-7,9-10,16H,4,8H2,1-3H3,(H,15,17). The van der Waals surface area contributed by atoms with Gasteiger partial charge in [-0.3, -0.25) is 4.79 Å². The predicted octanol–water partition coefficient (Wildman–Crippen LogP) is 1.23. The Labute approximate surface area is 107 Å². The molecule has 2 unspecified atom stereocenters. The van der Waals surface area contributed by atoms with E-state index < -0.39 is 0 Å². The molecule has 0 aromatic carbocycles. The number of carbonyl (C=O) groups is 1. The van der Waals surface area contributed by atoms with E-state index in [4.69, 9.17) is 9.84 Å². The van der Waals surface area contributed by atoms with E-state index in [9.17, 15) is 4.79 Å². The van der Waals surface area contributed by atoms with Crippen molar-refractivity contribution in [1.29, 1.82) is 0 Å². The van der Waals surface area contributed by atoms with Gasteiger partial charge in [-0.25, -0.2) is 4.98 Å². The van der Waals surface area contributed by atoms with E-state index in [0.717, 1.165) is 0 Å². The van der Waals surface area contributed by atoms with Gasteiger partial charge in [0.1, 0.15) is 5.56 Å². The molecule has 0 bridgehead atoms. The molecule has 0 aliphatic rings. The maximum Gasteiger partial charge on any atom is 0.256 e. The van der Waals surface area contributed by atoms with Crippen molar-refractivity contribution in [1.82, 2.24) is 10.3 Å². The second-order valence-electron chi connectivity index (χ2n) is 4.21. The third-order valence-corrected chi connectivity index (χ3v) is 2.80. The number of pyridine rings is 1. The molecule has 0 saturated carbocycles. The summed E-state index contributed by atoms with van der Waals surface area (Å²) in [6.07, 6.45) is 1.58. The summed E-state index contributed by atoms with van der Waals surface area (Å²) >= 11 is 0. The van der Waals surface area contributed by atoms with Crippen molar-refractivity contribution in [2.45, 2.75) is 26.8 Å². The number of aliphatic hydroxyl groups is 1. The number of hydrogen-bond acceptors (Lipinski definition) is 4. The Balaban J connectivity index is 2.77. The third kappa shape index (κ3) is 3.70. The van der Waals surface area contributed by atoms with Crippen LogP contribution in [0.3, 0.4) is 0 Å². The maximum atomic E-state index is 12.1. The van der Waals surface area contributed by atoms with Crippen LogP contribution in [-0.4, -0.2) is 35.3 Å². The van der Waals surface area contributed by atoms with Crippen LogP contribution in [0.2, 0.25) is 0 Å². The SMILES string of the molecule is CCOc1ncccc1C(=O)NC(C)C(C)CO. The molecule has 0 saturated heterocycles. The first-order valence-corrected chi connectivity index (χ1v) is 6.09. The van der Waals surface area contributed by atoms with Crippen molar-refractivity contribution in [3.63, 3.8) is 0 Å². The number of ether oxygens (including phenoxy) is 1. The first-order valence-electron chi connectivity index (χ1n) is 6.09. The van der Waals surface area contributed by atoms with Crippen LogP contribution >= 0.6 is 0 Å². The minimum atomic E-state index is -0.237. The van der Waals surface area contributed by atoms with Crippen LogP contribution < -0.4 is 10.1 Å². The minimum absolute atomic E-state index is 0.00108. The van der Waals surface area contributed by atoms with Crippen LogP contribution in [0.1, 0.15) is 31.1 Å². The summed E-state index contributed by atoms with van der Waals surface area (Å²) in [7, 11) is 0. The zero-order valence-electron chi connectivity index (χ0n) is 11.0. The summed E-state index contributed by atoms with van der Waals surface area (Å²) in [6, 6.07) is 3.25. The van der Waals surface area contributed by atoms with Crippen molar-refractivity contribution in [3.8, 4) is 5.88 Å². The van der Waals surface area contributed by atoms with Gasteiger partial charge in [-0.15, -0.1) is 0 Å². The Morgan fingerprint density at radius 2 is 2.28 bits per heavy atom. The molecule has 100 valence electrons. The average molecular weight is 252 g/mol. The molecule has 2 atom stereocenters. The molecule has 1 aromatic rings. The Bertz CT molecular complexity index is 396. The van der Waals surface area contributed by atoms with Crippen molar-refractivity contribution in [2.24, 2.45) is 5.92 Å². The van der Waals surface area contributed by atoms with Crippen molar-refractivity contribution in [3.05, 3.63) is 23.9 Å². The lowest BCUT2D eigenvalue weighted by molar-refractivity contribution is 0.0911. The summed E-state index contributed by atoms with van der Waals surface area (Å²) in [5.74, 6) is 0.0990. The van der Waals surface area contributed by atoms with Crippen LogP contribution in [0.25, 0.3) is 0 Å². The summed E-state index contributed by atoms with van der Waals surface area (Å²) in [5, 5.41) is 11.9. The fraction of sp³-hybridized carbons (Fsp3) is 0.538. The van der Waals surface area contributed by atoms with Crippen LogP contribution in [0.5, 0.6) is 5.88 Å². The lowest BCUT2D eigenvalue weighted by Gasteiger charge is -2.19. The molecular formula is C13H20N2O3. The molecule has 0 spiro atoms. The van der Waals surface area contributed by atoms with Crippen molar-refractivity contribution >= 4 is 5.91 Å². The van der Waals surface area contributed by atoms with Gasteiger partial charge in [0, 0.05) is 18.8 Å². The van der Waals surface area contributed by atoms with Crippen LogP contribution in [0.15, 0.2) is 18.3 Å². The van der Waals surface area contributed by atoms with Gasteiger partial charge in [-0.05, 0) is 31.9 Å². The van der Waals surface area contributed by atoms with Gasteiger partial charge in [-0.1, -0.05) is 6.92 Å². The molecule has 0 radical (unpaired) electrons. The number of aromatic nitrogens is 1. The van der Waals surface area contributed by atoms with Gasteiger partial charge >= 0.3 is 0 Å². The second-order valence-corrected chi connectivity index (χ2v) is 4.21. The quantitative estimate of drug-likeness (QED) is 0.798. The molecule has 0 fully saturated rings. The highest BCUT2D eigenvalue weighted by Crippen LogP contribution is 2.14. The monoisotopic (exact) mass is 252 g/mol. The number of nitrogens with zero attached hydrogens (tertiary/aromatic N) is 1. The lowest BCUT2D eigenvalue weighted by Crippen LogP contribution is -2.38. The molecule has 1 heterocycles. The number of carbonyl (C=O) groups excluding carboxylic acids is 1. The summed E-state index contributed by atoms with van der Waals surface area (Å²) in [4.78, 5) is 16.1. The van der Waals surface area contributed by atoms with E-state index in [1.165, 1.54) is 0 Å². The fourth-order valence-electron chi connectivity index (χ4n) is 1.40. The highest BCUT2D eigenvalue weighted by Gasteiger charge is 2.18. The molecule has 18 heavy (non-hydrogen) atoms. The van der Waals surface area contributed by atoms with Gasteiger partial charge < -0.3 is 15.2 Å². The normalized spacial score (nSPS) is 13.8. The van der Waals surface area contributed by atoms with E-state index >= 15 is 0 Å². The highest BCUT2D eigenvalue weighted by atomic mass is 16.5. The van der Waals surface area contributed by atoms with Crippen LogP contribution in [-0.2, 0) is 0 Å². The molecule has 0 aliphatic heterocycles. The Kier molecular flexibility index (Phi) is 5.58. The number of rotatable bonds is 6. The highest BCUT2D eigenvalue weighted by molar-refractivity contribution is 5.96. The van der Waals surface area contributed by atoms with Gasteiger partial charge in [0.15, 0.2) is 0 Å². The summed E-state index contributed by atoms with van der Waals surface area (Å²) in [6.45, 7) is 6.06. The number of nitrogens with one attached hydrogen (secondary N) is 1. The predicted molar refractivity (Wildman–Crippen MR) is 68.6 cm³/mol. The van der Waals surface area contributed by atoms with E-state index in [0.29, 0.717) is 18.1 Å². The average Bonchev–Trinajstić information content (AvgIpc) is 2.38. The number of aliphatic hydroxyl groups excluding tert-OH is 1. The van der Waals surface area contributed by atoms with Crippen molar-refractivity contribution < 1.29 is 14.6 Å². The maximum absolute atomic E-state index is 12.1. The molecule has 5 heteroatoms. The zero-order chi connectivity index (χ0) is 13.5. The van der Waals surface area contributed by atoms with Crippen LogP contribution in [0, 0.1) is 5.92 Å². The summed E-state index contributed by atoms with van der Waals surface area (Å²) < 4.78 is 5.31. The zero-order valence-corrected chi connectivity index (χ0v) is 11.0. The second kappa shape index (κ2) is 6.96. The first kappa shape index (κ1) is 14.4. The first-order chi connectivity index (χ1) is 8.60. The molecule has 1 aromatic heterocycles. The van der Waals surface area contributed by atoms with Gasteiger partial charge in [0.2, 0.25) is 5.88 Å². The molecular weight excluding hydrogens is 232 g/mol. The lowest BCUT2D eigenvalue weighted by atomic mass is 10.0. The van der Waals surface area contributed by atoms with E-state index in [1.54, 1.807) is 18.3 Å². The van der Waals surface area contributed by atoms with Gasteiger partial charge in [0.05, 0.1) is 6.61 Å². The largest absolute Gasteiger partial charge is 0.477 e. The summed E-state index contributed by atoms with van der Waals surface area (Å²) in [5.41, 5.74) is 0.413. The van der Waals surface area contributed by atoms with Gasteiger partial charge in [-0.2, -0.15) is 0 Å². The van der Waals surface area contributed by atoms with Crippen molar-refractivity contribution in [2.75, 3.05) is 13.2 Å². The fourth-order valence-corrected chi connectivity index (χ4v) is 1.40. The minimum Gasteiger partial charge on any atom is -0.477 e. The topological polar surface area (TPSA) is 71.5 Å². The molecule has 5 nitrogen and oxygen atoms in total. The number of hydrogen-bond donors (Lipinski definition) is 2. The Hall–Kier alpha value is -1.62.